The van der Waals surface area contributed by atoms with Crippen molar-refractivity contribution >= 4 is 5.91 Å². The highest BCUT2D eigenvalue weighted by Gasteiger charge is 2.25. The van der Waals surface area contributed by atoms with Crippen molar-refractivity contribution in [2.45, 2.75) is 12.5 Å². The van der Waals surface area contributed by atoms with E-state index in [4.69, 9.17) is 0 Å². The van der Waals surface area contributed by atoms with Crippen LogP contribution in [0.25, 0.3) is 0 Å². The summed E-state index contributed by atoms with van der Waals surface area (Å²) in [5, 5.41) is 9.27. The van der Waals surface area contributed by atoms with Crippen molar-refractivity contribution in [2.75, 3.05) is 13.1 Å². The molecule has 6 heteroatoms. The molecule has 2 rings (SSSR count). The Morgan fingerprint density at radius 3 is 3.00 bits per heavy atom. The molecule has 6 nitrogen and oxygen atoms in total. The van der Waals surface area contributed by atoms with Gasteiger partial charge >= 0.3 is 0 Å². The van der Waals surface area contributed by atoms with Crippen LogP contribution in [0.4, 0.5) is 0 Å². The van der Waals surface area contributed by atoms with Crippen molar-refractivity contribution in [3.63, 3.8) is 0 Å². The number of aromatic amines is 1. The van der Waals surface area contributed by atoms with Crippen molar-refractivity contribution in [2.24, 2.45) is 0 Å². The standard InChI is InChI=1S/C9H11N3O3/c13-6-1-2-12(5-6)9(15)7-3-11-8(14)4-10-7/h3-4,6,13H,1-2,5H2,(H,11,14)/t6-/m1/s1. The smallest absolute Gasteiger partial charge is 0.274 e. The lowest BCUT2D eigenvalue weighted by molar-refractivity contribution is 0.0758. The summed E-state index contributed by atoms with van der Waals surface area (Å²) in [6.07, 6.45) is 2.50. The molecule has 1 fully saturated rings. The third-order valence-corrected chi connectivity index (χ3v) is 2.34. The molecule has 2 N–H and O–H groups in total. The molecule has 0 spiro atoms. The van der Waals surface area contributed by atoms with Crippen LogP contribution in [0.3, 0.4) is 0 Å². The summed E-state index contributed by atoms with van der Waals surface area (Å²) in [7, 11) is 0. The van der Waals surface area contributed by atoms with Gasteiger partial charge in [-0.15, -0.1) is 0 Å². The van der Waals surface area contributed by atoms with E-state index in [-0.39, 0.29) is 17.2 Å². The molecule has 0 unspecified atom stereocenters. The lowest BCUT2D eigenvalue weighted by Gasteiger charge is -2.14. The van der Waals surface area contributed by atoms with E-state index in [1.165, 1.54) is 11.1 Å². The molecule has 0 aromatic carbocycles. The quantitative estimate of drug-likeness (QED) is 0.619. The van der Waals surface area contributed by atoms with Crippen molar-refractivity contribution in [1.29, 1.82) is 0 Å². The number of aliphatic hydroxyl groups is 1. The van der Waals surface area contributed by atoms with Crippen LogP contribution in [-0.4, -0.2) is 45.1 Å². The minimum atomic E-state index is -0.447. The summed E-state index contributed by atoms with van der Waals surface area (Å²) in [5.74, 6) is -0.261. The minimum absolute atomic E-state index is 0.198. The molecule has 1 aromatic heterocycles. The summed E-state index contributed by atoms with van der Waals surface area (Å²) in [6.45, 7) is 0.862. The van der Waals surface area contributed by atoms with E-state index in [9.17, 15) is 14.7 Å². The Balaban J connectivity index is 2.14. The molecule has 0 radical (unpaired) electrons. The number of carbonyl (C=O) groups is 1. The molecule has 1 atom stereocenters. The second kappa shape index (κ2) is 3.82. The van der Waals surface area contributed by atoms with Crippen LogP contribution in [0.15, 0.2) is 17.2 Å². The maximum Gasteiger partial charge on any atom is 0.274 e. The number of hydrogen-bond acceptors (Lipinski definition) is 4. The average molecular weight is 209 g/mol. The molecule has 1 aliphatic heterocycles. The lowest BCUT2D eigenvalue weighted by atomic mass is 10.3. The zero-order valence-corrected chi connectivity index (χ0v) is 8.01. The van der Waals surface area contributed by atoms with E-state index in [0.29, 0.717) is 19.5 Å². The molecule has 1 amide bonds. The summed E-state index contributed by atoms with van der Waals surface area (Å²) in [4.78, 5) is 30.1. The number of hydrogen-bond donors (Lipinski definition) is 2. The topological polar surface area (TPSA) is 86.3 Å². The number of β-amino-alcohol motifs (C(OH)–C–C–N with tert-alkyl or cyclic N) is 1. The number of H-pyrrole nitrogens is 1. The van der Waals surface area contributed by atoms with Gasteiger partial charge in [0, 0.05) is 19.3 Å². The predicted molar refractivity (Wildman–Crippen MR) is 51.4 cm³/mol. The fourth-order valence-corrected chi connectivity index (χ4v) is 1.55. The summed E-state index contributed by atoms with van der Waals surface area (Å²) in [6, 6.07) is 0. The summed E-state index contributed by atoms with van der Waals surface area (Å²) >= 11 is 0. The molecule has 1 saturated heterocycles. The average Bonchev–Trinajstić information content (AvgIpc) is 2.65. The van der Waals surface area contributed by atoms with Crippen LogP contribution in [-0.2, 0) is 0 Å². The maximum absolute atomic E-state index is 11.7. The van der Waals surface area contributed by atoms with Crippen LogP contribution in [0.2, 0.25) is 0 Å². The van der Waals surface area contributed by atoms with Crippen molar-refractivity contribution in [1.82, 2.24) is 14.9 Å². The first-order chi connectivity index (χ1) is 7.16. The van der Waals surface area contributed by atoms with Gasteiger partial charge in [0.2, 0.25) is 0 Å². The maximum atomic E-state index is 11.7. The Hall–Kier alpha value is -1.69. The summed E-state index contributed by atoms with van der Waals surface area (Å²) < 4.78 is 0. The van der Waals surface area contributed by atoms with Gasteiger partial charge in [-0.1, -0.05) is 0 Å². The number of nitrogens with zero attached hydrogens (tertiary/aromatic N) is 2. The molecule has 15 heavy (non-hydrogen) atoms. The van der Waals surface area contributed by atoms with Gasteiger partial charge in [0.1, 0.15) is 5.69 Å². The number of carbonyl (C=O) groups excluding carboxylic acids is 1. The summed E-state index contributed by atoms with van der Waals surface area (Å²) in [5.41, 5.74) is -0.142. The van der Waals surface area contributed by atoms with Gasteiger partial charge < -0.3 is 15.0 Å². The second-order valence-corrected chi connectivity index (χ2v) is 3.49. The Morgan fingerprint density at radius 2 is 2.47 bits per heavy atom. The van der Waals surface area contributed by atoms with Gasteiger partial charge in [0.15, 0.2) is 0 Å². The highest BCUT2D eigenvalue weighted by Crippen LogP contribution is 2.11. The van der Waals surface area contributed by atoms with Crippen LogP contribution in [0, 0.1) is 0 Å². The molecular formula is C9H11N3O3. The molecule has 0 aliphatic carbocycles. The molecule has 80 valence electrons. The number of amides is 1. The minimum Gasteiger partial charge on any atom is -0.391 e. The zero-order chi connectivity index (χ0) is 10.8. The van der Waals surface area contributed by atoms with Gasteiger partial charge in [0.05, 0.1) is 12.3 Å². The van der Waals surface area contributed by atoms with Crippen molar-refractivity contribution in [3.8, 4) is 0 Å². The van der Waals surface area contributed by atoms with Crippen LogP contribution < -0.4 is 5.56 Å². The van der Waals surface area contributed by atoms with Gasteiger partial charge in [-0.05, 0) is 6.42 Å². The highest BCUT2D eigenvalue weighted by atomic mass is 16.3. The monoisotopic (exact) mass is 209 g/mol. The highest BCUT2D eigenvalue weighted by molar-refractivity contribution is 5.92. The number of aromatic nitrogens is 2. The lowest BCUT2D eigenvalue weighted by Crippen LogP contribution is -2.30. The molecule has 0 bridgehead atoms. The first-order valence-corrected chi connectivity index (χ1v) is 4.69. The van der Waals surface area contributed by atoms with E-state index >= 15 is 0 Å². The second-order valence-electron chi connectivity index (χ2n) is 3.49. The van der Waals surface area contributed by atoms with E-state index in [0.717, 1.165) is 6.20 Å². The zero-order valence-electron chi connectivity index (χ0n) is 8.01. The number of aliphatic hydroxyl groups excluding tert-OH is 1. The molecule has 1 aromatic rings. The van der Waals surface area contributed by atoms with E-state index in [1.54, 1.807) is 0 Å². The third kappa shape index (κ3) is 2.04. The molecule has 1 aliphatic rings. The first-order valence-electron chi connectivity index (χ1n) is 4.69. The van der Waals surface area contributed by atoms with Gasteiger partial charge in [-0.3, -0.25) is 9.59 Å². The van der Waals surface area contributed by atoms with E-state index in [2.05, 4.69) is 9.97 Å². The Morgan fingerprint density at radius 1 is 1.67 bits per heavy atom. The van der Waals surface area contributed by atoms with Crippen LogP contribution in [0.1, 0.15) is 16.9 Å². The Kier molecular flexibility index (Phi) is 2.51. The van der Waals surface area contributed by atoms with Crippen LogP contribution >= 0.6 is 0 Å². The molecular weight excluding hydrogens is 198 g/mol. The van der Waals surface area contributed by atoms with Crippen LogP contribution in [0.5, 0.6) is 0 Å². The fraction of sp³-hybridized carbons (Fsp3) is 0.444. The number of nitrogens with one attached hydrogen (secondary N) is 1. The van der Waals surface area contributed by atoms with Crippen molar-refractivity contribution in [3.05, 3.63) is 28.4 Å². The third-order valence-electron chi connectivity index (χ3n) is 2.34. The molecule has 2 heterocycles. The van der Waals surface area contributed by atoms with Crippen molar-refractivity contribution < 1.29 is 9.90 Å². The first kappa shape index (κ1) is 9.85. The normalized spacial score (nSPS) is 20.6. The van der Waals surface area contributed by atoms with Gasteiger partial charge in [-0.2, -0.15) is 0 Å². The predicted octanol–water partition coefficient (Wildman–Crippen LogP) is -1.02. The largest absolute Gasteiger partial charge is 0.391 e. The fourth-order valence-electron chi connectivity index (χ4n) is 1.55. The number of rotatable bonds is 1. The van der Waals surface area contributed by atoms with E-state index in [1.807, 2.05) is 0 Å². The van der Waals surface area contributed by atoms with Gasteiger partial charge in [0.25, 0.3) is 11.5 Å². The van der Waals surface area contributed by atoms with E-state index < -0.39 is 6.10 Å². The SMILES string of the molecule is O=C(c1c[nH]c(=O)cn1)N1CC[C@@H](O)C1. The Labute approximate surface area is 85.6 Å². The van der Waals surface area contributed by atoms with Gasteiger partial charge in [-0.25, -0.2) is 4.98 Å². The number of likely N-dealkylation sites (tertiary alicyclic amines) is 1. The Bertz CT molecular complexity index is 408. The molecule has 0 saturated carbocycles.